The van der Waals surface area contributed by atoms with Crippen LogP contribution in [-0.2, 0) is 26.5 Å². The van der Waals surface area contributed by atoms with Crippen LogP contribution in [-0.4, -0.2) is 11.1 Å². The molecule has 0 fully saturated rings. The van der Waals surface area contributed by atoms with Crippen LogP contribution in [0.2, 0.25) is 0 Å². The third-order valence-corrected chi connectivity index (χ3v) is 1.99. The van der Waals surface area contributed by atoms with Gasteiger partial charge in [-0.1, -0.05) is 45.4 Å². The summed E-state index contributed by atoms with van der Waals surface area (Å²) in [5.41, 5.74) is 0. The topological polar surface area (TPSA) is 37.3 Å². The van der Waals surface area contributed by atoms with E-state index in [1.807, 2.05) is 0 Å². The molecule has 0 aliphatic rings. The average molecular weight is 220 g/mol. The molecule has 0 radical (unpaired) electrons. The Balaban J connectivity index is 0. The first-order valence-corrected chi connectivity index (χ1v) is 4.99. The molecule has 0 aromatic rings. The van der Waals surface area contributed by atoms with Crippen molar-refractivity contribution in [3.05, 3.63) is 0 Å². The van der Waals surface area contributed by atoms with Gasteiger partial charge in [-0.15, -0.1) is 0 Å². The first-order chi connectivity index (χ1) is 5.77. The molecular formula is C10H20O2Ti. The molecule has 0 atom stereocenters. The summed E-state index contributed by atoms with van der Waals surface area (Å²) in [4.78, 5) is 10.1. The van der Waals surface area contributed by atoms with Crippen molar-refractivity contribution in [1.82, 2.24) is 0 Å². The SMILES string of the molecule is CCCCCCCCCC(=O)O.[Ti]. The van der Waals surface area contributed by atoms with E-state index in [-0.39, 0.29) is 21.7 Å². The second-order valence-electron chi connectivity index (χ2n) is 3.27. The number of hydrogen-bond acceptors (Lipinski definition) is 1. The molecule has 0 unspecified atom stereocenters. The predicted molar refractivity (Wildman–Crippen MR) is 50.2 cm³/mol. The Morgan fingerprint density at radius 1 is 1.00 bits per heavy atom. The van der Waals surface area contributed by atoms with E-state index in [0.29, 0.717) is 6.42 Å². The summed E-state index contributed by atoms with van der Waals surface area (Å²) < 4.78 is 0. The van der Waals surface area contributed by atoms with Gasteiger partial charge in [-0.2, -0.15) is 0 Å². The van der Waals surface area contributed by atoms with Crippen molar-refractivity contribution in [2.45, 2.75) is 58.3 Å². The maximum Gasteiger partial charge on any atom is 0.303 e. The fraction of sp³-hybridized carbons (Fsp3) is 0.900. The molecule has 0 aromatic heterocycles. The number of unbranched alkanes of at least 4 members (excludes halogenated alkanes) is 6. The molecule has 76 valence electrons. The van der Waals surface area contributed by atoms with Crippen molar-refractivity contribution in [3.63, 3.8) is 0 Å². The fourth-order valence-electron chi connectivity index (χ4n) is 1.23. The molecule has 0 bridgehead atoms. The first-order valence-electron chi connectivity index (χ1n) is 4.99. The van der Waals surface area contributed by atoms with Gasteiger partial charge in [0, 0.05) is 28.1 Å². The van der Waals surface area contributed by atoms with E-state index >= 15 is 0 Å². The molecule has 0 aromatic carbocycles. The van der Waals surface area contributed by atoms with Gasteiger partial charge in [0.1, 0.15) is 0 Å². The average Bonchev–Trinajstić information content (AvgIpc) is 2.02. The molecule has 0 heterocycles. The molecule has 3 heteroatoms. The van der Waals surface area contributed by atoms with Crippen LogP contribution >= 0.6 is 0 Å². The Hall–Kier alpha value is 0.184. The minimum absolute atomic E-state index is 0. The first kappa shape index (κ1) is 15.6. The molecule has 0 amide bonds. The van der Waals surface area contributed by atoms with Gasteiger partial charge in [-0.3, -0.25) is 4.79 Å². The van der Waals surface area contributed by atoms with Crippen molar-refractivity contribution >= 4 is 5.97 Å². The van der Waals surface area contributed by atoms with E-state index in [1.54, 1.807) is 0 Å². The van der Waals surface area contributed by atoms with Crippen LogP contribution < -0.4 is 0 Å². The van der Waals surface area contributed by atoms with Gasteiger partial charge in [-0.25, -0.2) is 0 Å². The van der Waals surface area contributed by atoms with Gasteiger partial charge < -0.3 is 5.11 Å². The van der Waals surface area contributed by atoms with Crippen LogP contribution in [0.15, 0.2) is 0 Å². The maximum atomic E-state index is 10.1. The summed E-state index contributed by atoms with van der Waals surface area (Å²) >= 11 is 0. The molecule has 2 nitrogen and oxygen atoms in total. The van der Waals surface area contributed by atoms with Crippen molar-refractivity contribution in [3.8, 4) is 0 Å². The Labute approximate surface area is 96.0 Å². The monoisotopic (exact) mass is 220 g/mol. The van der Waals surface area contributed by atoms with Crippen molar-refractivity contribution < 1.29 is 31.6 Å². The molecule has 0 saturated carbocycles. The van der Waals surface area contributed by atoms with Crippen LogP contribution in [0.25, 0.3) is 0 Å². The zero-order valence-corrected chi connectivity index (χ0v) is 10.1. The standard InChI is InChI=1S/C10H20O2.Ti/c1-2-3-4-5-6-7-8-9-10(11)12;/h2-9H2,1H3,(H,11,12);. The second kappa shape index (κ2) is 12.2. The van der Waals surface area contributed by atoms with Gasteiger partial charge in [-0.05, 0) is 6.42 Å². The quantitative estimate of drug-likeness (QED) is 0.503. The molecule has 0 saturated heterocycles. The van der Waals surface area contributed by atoms with Crippen molar-refractivity contribution in [2.24, 2.45) is 0 Å². The summed E-state index contributed by atoms with van der Waals surface area (Å²) in [7, 11) is 0. The van der Waals surface area contributed by atoms with Crippen LogP contribution in [0.3, 0.4) is 0 Å². The minimum atomic E-state index is -0.663. The van der Waals surface area contributed by atoms with E-state index in [9.17, 15) is 4.79 Å². The van der Waals surface area contributed by atoms with Crippen molar-refractivity contribution in [1.29, 1.82) is 0 Å². The molecule has 1 N–H and O–H groups in total. The molecule has 0 aliphatic carbocycles. The summed E-state index contributed by atoms with van der Waals surface area (Å²) in [5.74, 6) is -0.663. The number of carbonyl (C=O) groups is 1. The molecule has 0 rings (SSSR count). The van der Waals surface area contributed by atoms with Crippen LogP contribution in [0, 0.1) is 0 Å². The summed E-state index contributed by atoms with van der Waals surface area (Å²) in [6, 6.07) is 0. The number of aliphatic carboxylic acids is 1. The number of carboxylic acids is 1. The molecule has 13 heavy (non-hydrogen) atoms. The Morgan fingerprint density at radius 3 is 1.92 bits per heavy atom. The van der Waals surface area contributed by atoms with Crippen LogP contribution in [0.4, 0.5) is 0 Å². The van der Waals surface area contributed by atoms with Gasteiger partial charge in [0.05, 0.1) is 0 Å². The largest absolute Gasteiger partial charge is 0.481 e. The fourth-order valence-corrected chi connectivity index (χ4v) is 1.23. The van der Waals surface area contributed by atoms with E-state index in [1.165, 1.54) is 32.1 Å². The molecular weight excluding hydrogens is 200 g/mol. The Morgan fingerprint density at radius 2 is 1.46 bits per heavy atom. The zero-order chi connectivity index (χ0) is 9.23. The van der Waals surface area contributed by atoms with Crippen LogP contribution in [0.1, 0.15) is 58.3 Å². The van der Waals surface area contributed by atoms with Gasteiger partial charge in [0.15, 0.2) is 0 Å². The molecule has 0 aliphatic heterocycles. The van der Waals surface area contributed by atoms with Gasteiger partial charge in [0.25, 0.3) is 0 Å². The van der Waals surface area contributed by atoms with E-state index < -0.39 is 5.97 Å². The summed E-state index contributed by atoms with van der Waals surface area (Å²) in [6.45, 7) is 2.20. The van der Waals surface area contributed by atoms with E-state index in [0.717, 1.165) is 12.8 Å². The predicted octanol–water partition coefficient (Wildman–Crippen LogP) is 3.21. The van der Waals surface area contributed by atoms with E-state index in [2.05, 4.69) is 6.92 Å². The van der Waals surface area contributed by atoms with E-state index in [4.69, 9.17) is 5.11 Å². The number of rotatable bonds is 8. The van der Waals surface area contributed by atoms with Gasteiger partial charge >= 0.3 is 5.97 Å². The third-order valence-electron chi connectivity index (χ3n) is 1.99. The maximum absolute atomic E-state index is 10.1. The normalized spacial score (nSPS) is 9.31. The molecule has 0 spiro atoms. The van der Waals surface area contributed by atoms with Crippen molar-refractivity contribution in [2.75, 3.05) is 0 Å². The summed E-state index contributed by atoms with van der Waals surface area (Å²) in [6.07, 6.45) is 8.64. The zero-order valence-electron chi connectivity index (χ0n) is 8.51. The summed E-state index contributed by atoms with van der Waals surface area (Å²) in [5, 5.41) is 8.35. The third kappa shape index (κ3) is 15.0. The van der Waals surface area contributed by atoms with Gasteiger partial charge in [0.2, 0.25) is 0 Å². The smallest absolute Gasteiger partial charge is 0.303 e. The Bertz CT molecular complexity index is 115. The second-order valence-corrected chi connectivity index (χ2v) is 3.27. The Kier molecular flexibility index (Phi) is 14.7. The number of hydrogen-bond donors (Lipinski definition) is 1. The minimum Gasteiger partial charge on any atom is -0.481 e. The van der Waals surface area contributed by atoms with Crippen LogP contribution in [0.5, 0.6) is 0 Å². The number of carboxylic acid groups (broad SMARTS) is 1.